The first kappa shape index (κ1) is 25.0. The molecule has 2 aliphatic heterocycles. The van der Waals surface area contributed by atoms with E-state index < -0.39 is 5.97 Å². The molecule has 0 aliphatic carbocycles. The van der Waals surface area contributed by atoms with Crippen LogP contribution in [-0.2, 0) is 23.2 Å². The van der Waals surface area contributed by atoms with Crippen LogP contribution < -0.4 is 9.47 Å². The largest absolute Gasteiger partial charge is 0.492 e. The number of aliphatic carboxylic acids is 1. The molecule has 2 aromatic carbocycles. The smallest absolute Gasteiger partial charge is 0.304 e. The molecule has 5 nitrogen and oxygen atoms in total. The fourth-order valence-electron chi connectivity index (χ4n) is 4.66. The Morgan fingerprint density at radius 1 is 1.28 bits per heavy atom. The van der Waals surface area contributed by atoms with Gasteiger partial charge in [-0.3, -0.25) is 4.79 Å². The number of likely N-dealkylation sites (tertiary alicyclic amines) is 1. The Labute approximate surface area is 205 Å². The number of nitrogens with zero attached hydrogens (tertiary/aromatic N) is 1. The molecule has 1 atom stereocenters. The summed E-state index contributed by atoms with van der Waals surface area (Å²) in [6, 6.07) is 9.80. The van der Waals surface area contributed by atoms with Gasteiger partial charge in [-0.05, 0) is 43.5 Å². The van der Waals surface area contributed by atoms with Crippen LogP contribution in [0.2, 0.25) is 10.0 Å². The zero-order valence-electron chi connectivity index (χ0n) is 18.0. The van der Waals surface area contributed by atoms with Gasteiger partial charge in [0.25, 0.3) is 0 Å². The third kappa shape index (κ3) is 5.12. The first-order chi connectivity index (χ1) is 14.9. The molecule has 0 bridgehead atoms. The van der Waals surface area contributed by atoms with Crippen LogP contribution in [0.5, 0.6) is 11.5 Å². The molecule has 4 rings (SSSR count). The normalized spacial score (nSPS) is 19.8. The minimum Gasteiger partial charge on any atom is -0.492 e. The Bertz CT molecular complexity index is 984. The molecule has 1 N–H and O–H groups in total. The van der Waals surface area contributed by atoms with Gasteiger partial charge < -0.3 is 19.5 Å². The minimum atomic E-state index is -0.755. The van der Waals surface area contributed by atoms with Crippen molar-refractivity contribution in [2.24, 2.45) is 0 Å². The van der Waals surface area contributed by atoms with Gasteiger partial charge in [0.1, 0.15) is 18.1 Å². The number of aryl methyl sites for hydroxylation is 1. The predicted octanol–water partition coefficient (Wildman–Crippen LogP) is 5.76. The molecular formula is C24H28Cl3NO4. The van der Waals surface area contributed by atoms with E-state index in [4.69, 9.17) is 37.8 Å². The quantitative estimate of drug-likeness (QED) is 0.524. The molecule has 0 saturated carbocycles. The Hall–Kier alpha value is -1.66. The number of rotatable bonds is 7. The first-order valence-corrected chi connectivity index (χ1v) is 11.5. The van der Waals surface area contributed by atoms with E-state index >= 15 is 0 Å². The second-order valence-electron chi connectivity index (χ2n) is 8.39. The second-order valence-corrected chi connectivity index (χ2v) is 9.18. The number of carboxylic acid groups (broad SMARTS) is 1. The average Bonchev–Trinajstić information content (AvgIpc) is 3.09. The summed E-state index contributed by atoms with van der Waals surface area (Å²) in [7, 11) is 0. The summed E-state index contributed by atoms with van der Waals surface area (Å²) >= 11 is 12.8. The van der Waals surface area contributed by atoms with Crippen molar-refractivity contribution in [3.05, 3.63) is 57.1 Å². The summed E-state index contributed by atoms with van der Waals surface area (Å²) in [4.78, 5) is 13.2. The number of benzene rings is 2. The van der Waals surface area contributed by atoms with E-state index in [2.05, 4.69) is 17.9 Å². The lowest BCUT2D eigenvalue weighted by Crippen LogP contribution is -2.47. The molecular weight excluding hydrogens is 473 g/mol. The number of piperidine rings is 1. The molecule has 0 aromatic heterocycles. The van der Waals surface area contributed by atoms with Crippen molar-refractivity contribution < 1.29 is 19.4 Å². The Kier molecular flexibility index (Phi) is 8.21. The second kappa shape index (κ2) is 10.5. The van der Waals surface area contributed by atoms with Gasteiger partial charge in [-0.1, -0.05) is 42.3 Å². The Morgan fingerprint density at radius 2 is 2.09 bits per heavy atom. The molecule has 2 aromatic rings. The van der Waals surface area contributed by atoms with Crippen molar-refractivity contribution in [1.82, 2.24) is 4.90 Å². The first-order valence-electron chi connectivity index (χ1n) is 10.7. The van der Waals surface area contributed by atoms with Crippen LogP contribution in [0, 0.1) is 0 Å². The van der Waals surface area contributed by atoms with Crippen LogP contribution in [0.4, 0.5) is 0 Å². The molecule has 0 radical (unpaired) electrons. The predicted molar refractivity (Wildman–Crippen MR) is 129 cm³/mol. The summed E-state index contributed by atoms with van der Waals surface area (Å²) < 4.78 is 12.1. The van der Waals surface area contributed by atoms with E-state index in [0.29, 0.717) is 35.6 Å². The van der Waals surface area contributed by atoms with Crippen LogP contribution in [-0.4, -0.2) is 42.2 Å². The molecule has 0 amide bonds. The fraction of sp³-hybridized carbons (Fsp3) is 0.458. The van der Waals surface area contributed by atoms with Crippen LogP contribution >= 0.6 is 35.6 Å². The number of hydrogen-bond donors (Lipinski definition) is 1. The van der Waals surface area contributed by atoms with Crippen LogP contribution in [0.25, 0.3) is 0 Å². The number of fused-ring (bicyclic) bond motifs is 2. The minimum absolute atomic E-state index is 0. The lowest BCUT2D eigenvalue weighted by atomic mass is 9.75. The van der Waals surface area contributed by atoms with Crippen LogP contribution in [0.3, 0.4) is 0 Å². The monoisotopic (exact) mass is 499 g/mol. The van der Waals surface area contributed by atoms with E-state index in [0.717, 1.165) is 49.2 Å². The topological polar surface area (TPSA) is 59.0 Å². The fourth-order valence-corrected chi connectivity index (χ4v) is 5.27. The highest BCUT2D eigenvalue weighted by Crippen LogP contribution is 2.45. The standard InChI is InChI=1S/C24H27Cl2NO4.ClH/c1-2-16-4-7-20(25)18(23(16)26)13-30-17-5-6-19-21(12-17)31-15-24(19)9-3-10-27(14-24)11-8-22(28)29;/h4-7,12H,2-3,8-11,13-15H2,1H3,(H,28,29);1H. The van der Waals surface area contributed by atoms with Gasteiger partial charge in [-0.2, -0.15) is 0 Å². The molecule has 2 heterocycles. The van der Waals surface area contributed by atoms with Crippen LogP contribution in [0.15, 0.2) is 30.3 Å². The Morgan fingerprint density at radius 3 is 2.84 bits per heavy atom. The molecule has 1 unspecified atom stereocenters. The number of hydrogen-bond acceptors (Lipinski definition) is 4. The third-order valence-corrected chi connectivity index (χ3v) is 7.18. The number of halogens is 3. The zero-order valence-corrected chi connectivity index (χ0v) is 20.4. The van der Waals surface area contributed by atoms with E-state index in [1.54, 1.807) is 0 Å². The molecule has 1 saturated heterocycles. The van der Waals surface area contributed by atoms with Crippen molar-refractivity contribution in [3.63, 3.8) is 0 Å². The maximum absolute atomic E-state index is 11.0. The van der Waals surface area contributed by atoms with Crippen molar-refractivity contribution in [1.29, 1.82) is 0 Å². The van der Waals surface area contributed by atoms with Gasteiger partial charge in [0, 0.05) is 40.7 Å². The highest BCUT2D eigenvalue weighted by Gasteiger charge is 2.43. The van der Waals surface area contributed by atoms with Gasteiger partial charge >= 0.3 is 5.97 Å². The summed E-state index contributed by atoms with van der Waals surface area (Å²) in [6.45, 7) is 5.30. The third-order valence-electron chi connectivity index (χ3n) is 6.36. The van der Waals surface area contributed by atoms with E-state index in [-0.39, 0.29) is 24.2 Å². The van der Waals surface area contributed by atoms with Crippen molar-refractivity contribution in [2.45, 2.75) is 44.6 Å². The summed E-state index contributed by atoms with van der Waals surface area (Å²) in [5, 5.41) is 10.3. The van der Waals surface area contributed by atoms with Gasteiger partial charge in [-0.25, -0.2) is 0 Å². The number of ether oxygens (including phenoxy) is 2. The summed E-state index contributed by atoms with van der Waals surface area (Å²) in [5.74, 6) is 0.801. The maximum atomic E-state index is 11.0. The average molecular weight is 501 g/mol. The highest BCUT2D eigenvalue weighted by molar-refractivity contribution is 6.36. The maximum Gasteiger partial charge on any atom is 0.304 e. The van der Waals surface area contributed by atoms with Gasteiger partial charge in [0.05, 0.1) is 18.1 Å². The molecule has 1 spiro atoms. The molecule has 1 fully saturated rings. The number of carbonyl (C=O) groups is 1. The molecule has 8 heteroatoms. The lowest BCUT2D eigenvalue weighted by molar-refractivity contribution is -0.137. The van der Waals surface area contributed by atoms with E-state index in [1.165, 1.54) is 5.56 Å². The summed E-state index contributed by atoms with van der Waals surface area (Å²) in [6.07, 6.45) is 3.08. The molecule has 174 valence electrons. The number of carboxylic acids is 1. The Balaban J connectivity index is 0.00000289. The molecule has 32 heavy (non-hydrogen) atoms. The van der Waals surface area contributed by atoms with Crippen molar-refractivity contribution in [2.75, 3.05) is 26.2 Å². The van der Waals surface area contributed by atoms with E-state index in [9.17, 15) is 4.79 Å². The van der Waals surface area contributed by atoms with Crippen molar-refractivity contribution in [3.8, 4) is 11.5 Å². The zero-order chi connectivity index (χ0) is 22.0. The lowest BCUT2D eigenvalue weighted by Gasteiger charge is -2.39. The SMILES string of the molecule is CCc1ccc(Cl)c(COc2ccc3c(c2)OCC32CCCN(CCC(=O)O)C2)c1Cl.Cl. The van der Waals surface area contributed by atoms with Gasteiger partial charge in [0.15, 0.2) is 0 Å². The van der Waals surface area contributed by atoms with Crippen molar-refractivity contribution >= 4 is 41.6 Å². The summed E-state index contributed by atoms with van der Waals surface area (Å²) in [5.41, 5.74) is 2.95. The van der Waals surface area contributed by atoms with Crippen LogP contribution in [0.1, 0.15) is 42.9 Å². The highest BCUT2D eigenvalue weighted by atomic mass is 35.5. The molecule has 2 aliphatic rings. The van der Waals surface area contributed by atoms with E-state index in [1.807, 2.05) is 24.3 Å². The van der Waals surface area contributed by atoms with Gasteiger partial charge in [0.2, 0.25) is 0 Å². The van der Waals surface area contributed by atoms with Gasteiger partial charge in [-0.15, -0.1) is 12.4 Å².